The maximum Gasteiger partial charge on any atom is 0.416 e. The highest BCUT2D eigenvalue weighted by molar-refractivity contribution is 5.76. The van der Waals surface area contributed by atoms with Gasteiger partial charge < -0.3 is 20.3 Å². The lowest BCUT2D eigenvalue weighted by atomic mass is 10.1. The van der Waals surface area contributed by atoms with Crippen LogP contribution in [0.3, 0.4) is 0 Å². The Morgan fingerprint density at radius 3 is 2.58 bits per heavy atom. The van der Waals surface area contributed by atoms with Crippen molar-refractivity contribution in [1.82, 2.24) is 5.32 Å². The van der Waals surface area contributed by atoms with Crippen LogP contribution in [0.4, 0.5) is 24.5 Å². The third-order valence-corrected chi connectivity index (χ3v) is 3.89. The number of benzene rings is 1. The molecule has 1 aliphatic heterocycles. The summed E-state index contributed by atoms with van der Waals surface area (Å²) in [7, 11) is 0. The van der Waals surface area contributed by atoms with Gasteiger partial charge in [0.25, 0.3) is 11.6 Å². The summed E-state index contributed by atoms with van der Waals surface area (Å²) in [5.41, 5.74) is -1.78. The van der Waals surface area contributed by atoms with Gasteiger partial charge in [0.05, 0.1) is 23.7 Å². The molecule has 0 unspecified atom stereocenters. The number of hydrogen-bond acceptors (Lipinski definition) is 5. The van der Waals surface area contributed by atoms with Gasteiger partial charge >= 0.3 is 6.18 Å². The number of morpholine rings is 1. The first-order valence-electron chi connectivity index (χ1n) is 8.05. The number of amides is 1. The molecule has 1 heterocycles. The van der Waals surface area contributed by atoms with Crippen molar-refractivity contribution in [3.05, 3.63) is 33.9 Å². The van der Waals surface area contributed by atoms with Crippen LogP contribution >= 0.6 is 0 Å². The van der Waals surface area contributed by atoms with Gasteiger partial charge in [0.15, 0.2) is 6.54 Å². The topological polar surface area (TPSA) is 97.9 Å². The van der Waals surface area contributed by atoms with Gasteiger partial charge in [0.2, 0.25) is 0 Å². The van der Waals surface area contributed by atoms with Crippen LogP contribution in [-0.4, -0.2) is 56.8 Å². The third-order valence-electron chi connectivity index (χ3n) is 3.89. The van der Waals surface area contributed by atoms with Crippen molar-refractivity contribution in [1.29, 1.82) is 0 Å². The van der Waals surface area contributed by atoms with E-state index in [1.54, 1.807) is 0 Å². The zero-order valence-electron chi connectivity index (χ0n) is 13.9. The number of nitro groups is 1. The molecule has 26 heavy (non-hydrogen) atoms. The van der Waals surface area contributed by atoms with Gasteiger partial charge in [-0.1, -0.05) is 0 Å². The van der Waals surface area contributed by atoms with Crippen LogP contribution < -0.4 is 15.5 Å². The minimum absolute atomic E-state index is 0.0314. The normalized spacial score (nSPS) is 15.5. The smallest absolute Gasteiger partial charge is 0.378 e. The van der Waals surface area contributed by atoms with Gasteiger partial charge in [-0.3, -0.25) is 14.9 Å². The number of ether oxygens (including phenoxy) is 1. The molecule has 0 radical (unpaired) electrons. The second kappa shape index (κ2) is 8.81. The van der Waals surface area contributed by atoms with Crippen LogP contribution in [0.5, 0.6) is 0 Å². The summed E-state index contributed by atoms with van der Waals surface area (Å²) >= 11 is 0. The molecular formula is C15H20F3N4O4+. The molecule has 0 spiro atoms. The molecule has 8 nitrogen and oxygen atoms in total. The number of anilines is 1. The van der Waals surface area contributed by atoms with Crippen LogP contribution in [0.25, 0.3) is 0 Å². The van der Waals surface area contributed by atoms with E-state index in [-0.39, 0.29) is 24.7 Å². The molecule has 1 amide bonds. The van der Waals surface area contributed by atoms with Crippen molar-refractivity contribution >= 4 is 17.3 Å². The van der Waals surface area contributed by atoms with Crippen molar-refractivity contribution in [3.63, 3.8) is 0 Å². The Hall–Kier alpha value is -2.40. The quantitative estimate of drug-likeness (QED) is 0.355. The van der Waals surface area contributed by atoms with Crippen LogP contribution in [0.1, 0.15) is 5.56 Å². The molecule has 0 atom stereocenters. The molecule has 11 heteroatoms. The van der Waals surface area contributed by atoms with Crippen molar-refractivity contribution in [3.8, 4) is 0 Å². The highest BCUT2D eigenvalue weighted by atomic mass is 19.4. The zero-order valence-corrected chi connectivity index (χ0v) is 13.9. The van der Waals surface area contributed by atoms with E-state index in [9.17, 15) is 28.1 Å². The maximum absolute atomic E-state index is 12.7. The van der Waals surface area contributed by atoms with E-state index in [4.69, 9.17) is 4.74 Å². The summed E-state index contributed by atoms with van der Waals surface area (Å²) in [5.74, 6) is -0.161. The third kappa shape index (κ3) is 5.85. The first kappa shape index (κ1) is 19.9. The Labute approximate surface area is 147 Å². The number of nitrogens with zero attached hydrogens (tertiary/aromatic N) is 1. The van der Waals surface area contributed by atoms with Crippen molar-refractivity contribution < 1.29 is 32.5 Å². The first-order valence-corrected chi connectivity index (χ1v) is 8.05. The van der Waals surface area contributed by atoms with Crippen molar-refractivity contribution in [2.24, 2.45) is 0 Å². The molecule has 3 N–H and O–H groups in total. The number of nitrogens with one attached hydrogen (secondary N) is 3. The fraction of sp³-hybridized carbons (Fsp3) is 0.533. The highest BCUT2D eigenvalue weighted by Gasteiger charge is 2.33. The Morgan fingerprint density at radius 1 is 1.27 bits per heavy atom. The molecule has 0 bridgehead atoms. The Morgan fingerprint density at radius 2 is 1.96 bits per heavy atom. The second-order valence-electron chi connectivity index (χ2n) is 5.80. The summed E-state index contributed by atoms with van der Waals surface area (Å²) in [6.45, 7) is 3.39. The number of carbonyl (C=O) groups is 1. The molecule has 1 aromatic rings. The van der Waals surface area contributed by atoms with Gasteiger partial charge in [-0.2, -0.15) is 13.2 Å². The molecule has 144 valence electrons. The van der Waals surface area contributed by atoms with Crippen LogP contribution in [0.15, 0.2) is 18.2 Å². The monoisotopic (exact) mass is 377 g/mol. The average molecular weight is 377 g/mol. The minimum Gasteiger partial charge on any atom is -0.378 e. The van der Waals surface area contributed by atoms with Gasteiger partial charge in [0.1, 0.15) is 18.8 Å². The number of quaternary nitrogens is 1. The number of alkyl halides is 3. The second-order valence-corrected chi connectivity index (χ2v) is 5.80. The molecule has 0 aromatic heterocycles. The minimum atomic E-state index is -4.65. The Bertz CT molecular complexity index is 648. The highest BCUT2D eigenvalue weighted by Crippen LogP contribution is 2.34. The summed E-state index contributed by atoms with van der Waals surface area (Å²) in [6.07, 6.45) is -4.65. The summed E-state index contributed by atoms with van der Waals surface area (Å²) < 4.78 is 43.2. The van der Waals surface area contributed by atoms with E-state index in [1.165, 1.54) is 0 Å². The van der Waals surface area contributed by atoms with Gasteiger partial charge in [-0.15, -0.1) is 0 Å². The molecule has 1 fully saturated rings. The number of hydrogen-bond donors (Lipinski definition) is 3. The van der Waals surface area contributed by atoms with E-state index < -0.39 is 22.4 Å². The van der Waals surface area contributed by atoms with Gasteiger partial charge in [0, 0.05) is 19.2 Å². The zero-order chi connectivity index (χ0) is 19.2. The number of carbonyl (C=O) groups excluding carboxylic acids is 1. The van der Waals surface area contributed by atoms with E-state index in [2.05, 4.69) is 10.6 Å². The lowest BCUT2D eigenvalue weighted by molar-refractivity contribution is -0.900. The molecule has 2 rings (SSSR count). The standard InChI is InChI=1S/C15H19F3N4O4/c16-15(17,18)11-1-2-12(13(9-11)22(24)25)19-3-4-20-14(23)10-21-5-7-26-8-6-21/h1-2,9,19H,3-8,10H2,(H,20,23)/p+1. The molecule has 0 saturated carbocycles. The van der Waals surface area contributed by atoms with Crippen LogP contribution in [0, 0.1) is 10.1 Å². The summed E-state index contributed by atoms with van der Waals surface area (Å²) in [4.78, 5) is 23.0. The van der Waals surface area contributed by atoms with Crippen LogP contribution in [-0.2, 0) is 15.7 Å². The lowest BCUT2D eigenvalue weighted by Gasteiger charge is -2.23. The first-order chi connectivity index (χ1) is 12.3. The van der Waals surface area contributed by atoms with E-state index in [0.717, 1.165) is 30.1 Å². The number of nitro benzene ring substituents is 1. The van der Waals surface area contributed by atoms with Gasteiger partial charge in [-0.25, -0.2) is 0 Å². The Balaban J connectivity index is 1.83. The lowest BCUT2D eigenvalue weighted by Crippen LogP contribution is -3.15. The molecule has 1 saturated heterocycles. The predicted octanol–water partition coefficient (Wildman–Crippen LogP) is 0.0568. The Kier molecular flexibility index (Phi) is 6.75. The summed E-state index contributed by atoms with van der Waals surface area (Å²) in [5, 5.41) is 16.3. The molecule has 1 aliphatic rings. The maximum atomic E-state index is 12.7. The van der Waals surface area contributed by atoms with Crippen molar-refractivity contribution in [2.45, 2.75) is 6.18 Å². The van der Waals surface area contributed by atoms with Crippen molar-refractivity contribution in [2.75, 3.05) is 51.3 Å². The SMILES string of the molecule is O=C(C[NH+]1CCOCC1)NCCNc1ccc(C(F)(F)F)cc1[N+](=O)[O-]. The molecule has 1 aromatic carbocycles. The molecule has 0 aliphatic carbocycles. The number of rotatable bonds is 7. The molecular weight excluding hydrogens is 357 g/mol. The average Bonchev–Trinajstić information content (AvgIpc) is 2.58. The fourth-order valence-electron chi connectivity index (χ4n) is 2.53. The van der Waals surface area contributed by atoms with E-state index in [0.29, 0.717) is 25.8 Å². The fourth-order valence-corrected chi connectivity index (χ4v) is 2.53. The number of halogens is 3. The van der Waals surface area contributed by atoms with Gasteiger partial charge in [-0.05, 0) is 12.1 Å². The van der Waals surface area contributed by atoms with E-state index >= 15 is 0 Å². The van der Waals surface area contributed by atoms with Crippen LogP contribution in [0.2, 0.25) is 0 Å². The summed E-state index contributed by atoms with van der Waals surface area (Å²) in [6, 6.07) is 2.28. The van der Waals surface area contributed by atoms with E-state index in [1.807, 2.05) is 0 Å². The largest absolute Gasteiger partial charge is 0.416 e. The predicted molar refractivity (Wildman–Crippen MR) is 86.0 cm³/mol.